The van der Waals surface area contributed by atoms with Gasteiger partial charge in [-0.25, -0.2) is 0 Å². The number of aromatic nitrogens is 3. The molecule has 4 aromatic rings. The fraction of sp³-hybridized carbons (Fsp3) is 0.240. The Morgan fingerprint density at radius 1 is 1.03 bits per heavy atom. The Morgan fingerprint density at radius 2 is 1.77 bits per heavy atom. The molecule has 31 heavy (non-hydrogen) atoms. The summed E-state index contributed by atoms with van der Waals surface area (Å²) in [6.45, 7) is 8.46. The van der Waals surface area contributed by atoms with Crippen molar-refractivity contribution in [2.75, 3.05) is 4.90 Å². The Hall–Kier alpha value is -3.67. The molecule has 1 amide bonds. The second-order valence-corrected chi connectivity index (χ2v) is 9.01. The minimum Gasteiger partial charge on any atom is -0.364 e. The highest BCUT2D eigenvalue weighted by atomic mass is 16.5. The van der Waals surface area contributed by atoms with Crippen molar-refractivity contribution in [3.63, 3.8) is 0 Å². The first kappa shape index (κ1) is 19.3. The van der Waals surface area contributed by atoms with Gasteiger partial charge in [0.1, 0.15) is 12.0 Å². The third kappa shape index (κ3) is 3.06. The van der Waals surface area contributed by atoms with Crippen molar-refractivity contribution >= 4 is 11.6 Å². The van der Waals surface area contributed by atoms with E-state index in [9.17, 15) is 4.79 Å². The number of fused-ring (bicyclic) bond motifs is 1. The van der Waals surface area contributed by atoms with Gasteiger partial charge in [-0.05, 0) is 35.7 Å². The molecule has 2 aromatic carbocycles. The molecular formula is C25H24N4O2. The molecular weight excluding hydrogens is 388 g/mol. The zero-order chi connectivity index (χ0) is 21.8. The predicted molar refractivity (Wildman–Crippen MR) is 119 cm³/mol. The Morgan fingerprint density at radius 3 is 2.42 bits per heavy atom. The predicted octanol–water partition coefficient (Wildman–Crippen LogP) is 5.42. The van der Waals surface area contributed by atoms with Gasteiger partial charge in [0.15, 0.2) is 0 Å². The second kappa shape index (κ2) is 6.94. The highest BCUT2D eigenvalue weighted by Gasteiger charge is 2.45. The maximum Gasteiger partial charge on any atom is 0.277 e. The molecule has 0 aliphatic carbocycles. The van der Waals surface area contributed by atoms with E-state index in [0.29, 0.717) is 5.69 Å². The van der Waals surface area contributed by atoms with Gasteiger partial charge in [0.2, 0.25) is 0 Å². The van der Waals surface area contributed by atoms with Crippen molar-refractivity contribution in [3.8, 4) is 11.1 Å². The number of H-pyrrole nitrogens is 1. The summed E-state index contributed by atoms with van der Waals surface area (Å²) in [5.41, 5.74) is 7.23. The molecule has 6 nitrogen and oxygen atoms in total. The third-order valence-corrected chi connectivity index (χ3v) is 5.87. The van der Waals surface area contributed by atoms with Crippen LogP contribution in [-0.2, 0) is 5.41 Å². The quantitative estimate of drug-likeness (QED) is 0.487. The Balaban J connectivity index is 1.67. The van der Waals surface area contributed by atoms with Crippen LogP contribution in [0.5, 0.6) is 0 Å². The number of amides is 1. The standard InChI is InChI=1S/C25H24N4O2/c1-15-7-5-6-8-19(15)22-20-21(27-28-23(20)25(2,3)4)24(30)29(22)18-11-9-16(10-12-18)17-13-26-31-14-17/h5-14,22H,1-4H3,(H,27,28). The zero-order valence-corrected chi connectivity index (χ0v) is 18.0. The molecule has 0 fully saturated rings. The summed E-state index contributed by atoms with van der Waals surface area (Å²) < 4.78 is 4.96. The number of nitrogens with one attached hydrogen (secondary N) is 1. The lowest BCUT2D eigenvalue weighted by Crippen LogP contribution is -2.30. The molecule has 1 aliphatic rings. The van der Waals surface area contributed by atoms with E-state index >= 15 is 0 Å². The van der Waals surface area contributed by atoms with Crippen LogP contribution in [-0.4, -0.2) is 21.3 Å². The largest absolute Gasteiger partial charge is 0.364 e. The van der Waals surface area contributed by atoms with Crippen LogP contribution in [0, 0.1) is 6.92 Å². The normalized spacial score (nSPS) is 16.1. The number of aromatic amines is 1. The van der Waals surface area contributed by atoms with E-state index in [1.165, 1.54) is 0 Å². The topological polar surface area (TPSA) is 75.0 Å². The molecule has 0 radical (unpaired) electrons. The van der Waals surface area contributed by atoms with E-state index < -0.39 is 0 Å². The van der Waals surface area contributed by atoms with Crippen LogP contribution in [0.4, 0.5) is 5.69 Å². The molecule has 0 bridgehead atoms. The number of hydrogen-bond acceptors (Lipinski definition) is 4. The summed E-state index contributed by atoms with van der Waals surface area (Å²) in [5, 5.41) is 11.4. The smallest absolute Gasteiger partial charge is 0.277 e. The number of carbonyl (C=O) groups is 1. The number of benzene rings is 2. The van der Waals surface area contributed by atoms with Gasteiger partial charge in [0.25, 0.3) is 5.91 Å². The number of carbonyl (C=O) groups excluding carboxylic acids is 1. The van der Waals surface area contributed by atoms with Crippen LogP contribution < -0.4 is 4.90 Å². The minimum atomic E-state index is -0.238. The summed E-state index contributed by atoms with van der Waals surface area (Å²) in [6, 6.07) is 15.9. The summed E-state index contributed by atoms with van der Waals surface area (Å²) >= 11 is 0. The summed E-state index contributed by atoms with van der Waals surface area (Å²) in [6.07, 6.45) is 3.29. The van der Waals surface area contributed by atoms with Gasteiger partial charge in [-0.3, -0.25) is 14.8 Å². The summed E-state index contributed by atoms with van der Waals surface area (Å²) in [7, 11) is 0. The first-order chi connectivity index (χ1) is 14.9. The van der Waals surface area contributed by atoms with E-state index in [2.05, 4.69) is 55.2 Å². The third-order valence-electron chi connectivity index (χ3n) is 5.87. The van der Waals surface area contributed by atoms with Gasteiger partial charge in [0.05, 0.1) is 17.9 Å². The minimum absolute atomic E-state index is 0.0658. The summed E-state index contributed by atoms with van der Waals surface area (Å²) in [4.78, 5) is 15.4. The number of hydrogen-bond donors (Lipinski definition) is 1. The molecule has 0 spiro atoms. The van der Waals surface area contributed by atoms with Crippen LogP contribution in [0.25, 0.3) is 11.1 Å². The monoisotopic (exact) mass is 412 g/mol. The van der Waals surface area contributed by atoms with Gasteiger partial charge < -0.3 is 4.52 Å². The highest BCUT2D eigenvalue weighted by Crippen LogP contribution is 2.45. The Labute approximate surface area is 180 Å². The number of aryl methyl sites for hydroxylation is 1. The van der Waals surface area contributed by atoms with Crippen molar-refractivity contribution in [2.24, 2.45) is 0 Å². The molecule has 3 heterocycles. The van der Waals surface area contributed by atoms with Crippen molar-refractivity contribution in [1.82, 2.24) is 15.4 Å². The fourth-order valence-electron chi connectivity index (χ4n) is 4.33. The van der Waals surface area contributed by atoms with Gasteiger partial charge >= 0.3 is 0 Å². The fourth-order valence-corrected chi connectivity index (χ4v) is 4.33. The van der Waals surface area contributed by atoms with E-state index in [-0.39, 0.29) is 17.4 Å². The van der Waals surface area contributed by atoms with Gasteiger partial charge in [-0.1, -0.05) is 62.3 Å². The lowest BCUT2D eigenvalue weighted by molar-refractivity contribution is 0.0988. The first-order valence-corrected chi connectivity index (χ1v) is 10.3. The van der Waals surface area contributed by atoms with Crippen LogP contribution in [0.15, 0.2) is 65.5 Å². The Bertz CT molecular complexity index is 1250. The van der Waals surface area contributed by atoms with Crippen molar-refractivity contribution in [2.45, 2.75) is 39.2 Å². The van der Waals surface area contributed by atoms with Crippen molar-refractivity contribution in [1.29, 1.82) is 0 Å². The number of rotatable bonds is 3. The number of nitrogens with zero attached hydrogens (tertiary/aromatic N) is 3. The molecule has 1 N–H and O–H groups in total. The number of anilines is 1. The first-order valence-electron chi connectivity index (χ1n) is 10.3. The zero-order valence-electron chi connectivity index (χ0n) is 18.0. The lowest BCUT2D eigenvalue weighted by atomic mass is 9.85. The molecule has 0 saturated heterocycles. The van der Waals surface area contributed by atoms with Crippen LogP contribution in [0.2, 0.25) is 0 Å². The average Bonchev–Trinajstić information content (AvgIpc) is 3.46. The Kier molecular flexibility index (Phi) is 4.32. The maximum atomic E-state index is 13.6. The van der Waals surface area contributed by atoms with E-state index in [4.69, 9.17) is 4.52 Å². The molecule has 1 aliphatic heterocycles. The van der Waals surface area contributed by atoms with E-state index in [1.807, 2.05) is 41.3 Å². The SMILES string of the molecule is Cc1ccccc1C1c2c(C(C)(C)C)n[nH]c2C(=O)N1c1ccc(-c2cnoc2)cc1. The molecule has 6 heteroatoms. The maximum absolute atomic E-state index is 13.6. The van der Waals surface area contributed by atoms with Crippen LogP contribution in [0.3, 0.4) is 0 Å². The van der Waals surface area contributed by atoms with Crippen molar-refractivity contribution < 1.29 is 9.32 Å². The van der Waals surface area contributed by atoms with Gasteiger partial charge in [0, 0.05) is 22.2 Å². The molecule has 0 saturated carbocycles. The van der Waals surface area contributed by atoms with Gasteiger partial charge in [-0.15, -0.1) is 0 Å². The van der Waals surface area contributed by atoms with Crippen LogP contribution in [0.1, 0.15) is 59.7 Å². The second-order valence-electron chi connectivity index (χ2n) is 9.01. The van der Waals surface area contributed by atoms with E-state index in [0.717, 1.165) is 39.2 Å². The molecule has 5 rings (SSSR count). The lowest BCUT2D eigenvalue weighted by Gasteiger charge is -2.29. The average molecular weight is 412 g/mol. The molecule has 1 atom stereocenters. The summed E-state index contributed by atoms with van der Waals surface area (Å²) in [5.74, 6) is -0.0658. The highest BCUT2D eigenvalue weighted by molar-refractivity contribution is 6.10. The van der Waals surface area contributed by atoms with E-state index in [1.54, 1.807) is 12.5 Å². The molecule has 156 valence electrons. The van der Waals surface area contributed by atoms with Crippen molar-refractivity contribution in [3.05, 3.63) is 89.1 Å². The van der Waals surface area contributed by atoms with Gasteiger partial charge in [-0.2, -0.15) is 5.10 Å². The molecule has 2 aromatic heterocycles. The molecule has 1 unspecified atom stereocenters. The van der Waals surface area contributed by atoms with Crippen LogP contribution >= 0.6 is 0 Å².